The Morgan fingerprint density at radius 2 is 1.71 bits per heavy atom. The van der Waals surface area contributed by atoms with Crippen LogP contribution < -0.4 is 10.2 Å². The number of anilines is 2. The van der Waals surface area contributed by atoms with Crippen LogP contribution in [-0.4, -0.2) is 58.8 Å². The first-order valence-corrected chi connectivity index (χ1v) is 14.0. The Morgan fingerprint density at radius 1 is 0.974 bits per heavy atom. The third-order valence-electron chi connectivity index (χ3n) is 5.98. The number of halogens is 2. The summed E-state index contributed by atoms with van der Waals surface area (Å²) < 4.78 is 6.58. The summed E-state index contributed by atoms with van der Waals surface area (Å²) in [5.74, 6) is 0.396. The van der Waals surface area contributed by atoms with Crippen molar-refractivity contribution < 1.29 is 14.0 Å². The Hall–Kier alpha value is -3.34. The van der Waals surface area contributed by atoms with Crippen LogP contribution in [0.4, 0.5) is 11.4 Å². The Balaban J connectivity index is 1.09. The van der Waals surface area contributed by atoms with E-state index in [-0.39, 0.29) is 17.6 Å². The van der Waals surface area contributed by atoms with Gasteiger partial charge in [-0.15, -0.1) is 10.2 Å². The molecule has 38 heavy (non-hydrogen) atoms. The van der Waals surface area contributed by atoms with Crippen molar-refractivity contribution in [3.63, 3.8) is 0 Å². The second kappa shape index (κ2) is 12.0. The molecule has 8 nitrogen and oxygen atoms in total. The highest BCUT2D eigenvalue weighted by Crippen LogP contribution is 2.26. The van der Waals surface area contributed by atoms with E-state index < -0.39 is 0 Å². The van der Waals surface area contributed by atoms with Gasteiger partial charge in [0.05, 0.1) is 5.75 Å². The molecule has 2 amide bonds. The number of nitrogens with zero attached hydrogens (tertiary/aromatic N) is 4. The van der Waals surface area contributed by atoms with Crippen molar-refractivity contribution in [1.29, 1.82) is 0 Å². The average molecular weight is 613 g/mol. The van der Waals surface area contributed by atoms with E-state index in [4.69, 9.17) is 16.0 Å². The lowest BCUT2D eigenvalue weighted by Gasteiger charge is -2.36. The summed E-state index contributed by atoms with van der Waals surface area (Å²) in [4.78, 5) is 29.3. The van der Waals surface area contributed by atoms with E-state index in [1.54, 1.807) is 24.3 Å². The smallest absolute Gasteiger partial charge is 0.277 e. The van der Waals surface area contributed by atoms with E-state index in [1.165, 1.54) is 11.8 Å². The van der Waals surface area contributed by atoms with E-state index in [2.05, 4.69) is 36.3 Å². The predicted octanol–water partition coefficient (Wildman–Crippen LogP) is 5.85. The van der Waals surface area contributed by atoms with Crippen LogP contribution in [-0.2, 0) is 4.79 Å². The van der Waals surface area contributed by atoms with E-state index in [1.807, 2.05) is 53.4 Å². The Bertz CT molecular complexity index is 1420. The number of thioether (sulfide) groups is 1. The number of carbonyl (C=O) groups is 2. The fourth-order valence-electron chi connectivity index (χ4n) is 4.03. The van der Waals surface area contributed by atoms with Crippen LogP contribution in [0.1, 0.15) is 10.4 Å². The van der Waals surface area contributed by atoms with Gasteiger partial charge in [-0.3, -0.25) is 9.59 Å². The minimum absolute atomic E-state index is 0.0159. The summed E-state index contributed by atoms with van der Waals surface area (Å²) >= 11 is 10.5. The third kappa shape index (κ3) is 6.56. The maximum atomic E-state index is 12.7. The minimum atomic E-state index is -0.167. The number of rotatable bonds is 7. The lowest BCUT2D eigenvalue weighted by Crippen LogP contribution is -2.48. The second-order valence-electron chi connectivity index (χ2n) is 8.55. The average Bonchev–Trinajstić information content (AvgIpc) is 3.42. The molecule has 0 bridgehead atoms. The standard InChI is InChI=1S/C27H23BrClN5O3S/c28-20-3-1-2-19(16-20)25-31-32-27(37-25)38-17-24(35)30-22-8-10-23(11-9-22)33-12-14-34(15-13-33)26(36)18-4-6-21(29)7-5-18/h1-11,16H,12-15,17H2,(H,30,35). The van der Waals surface area contributed by atoms with Gasteiger partial charge in [0.25, 0.3) is 11.1 Å². The van der Waals surface area contributed by atoms with Crippen LogP contribution in [0.3, 0.4) is 0 Å². The molecule has 1 aliphatic heterocycles. The number of hydrogen-bond donors (Lipinski definition) is 1. The summed E-state index contributed by atoms with van der Waals surface area (Å²) in [7, 11) is 0. The second-order valence-corrected chi connectivity index (χ2v) is 10.8. The van der Waals surface area contributed by atoms with Gasteiger partial charge in [-0.1, -0.05) is 45.4 Å². The van der Waals surface area contributed by atoms with E-state index >= 15 is 0 Å². The molecule has 1 fully saturated rings. The van der Waals surface area contributed by atoms with Crippen LogP contribution in [0, 0.1) is 0 Å². The van der Waals surface area contributed by atoms with Crippen molar-refractivity contribution in [3.05, 3.63) is 87.9 Å². The highest BCUT2D eigenvalue weighted by atomic mass is 79.9. The molecule has 1 N–H and O–H groups in total. The maximum Gasteiger partial charge on any atom is 0.277 e. The molecular weight excluding hydrogens is 590 g/mol. The maximum absolute atomic E-state index is 12.7. The molecule has 0 aliphatic carbocycles. The van der Waals surface area contributed by atoms with Crippen molar-refractivity contribution in [2.75, 3.05) is 42.1 Å². The molecule has 4 aromatic rings. The number of piperazine rings is 1. The molecule has 5 rings (SSSR count). The first-order chi connectivity index (χ1) is 18.4. The zero-order valence-corrected chi connectivity index (χ0v) is 23.3. The molecule has 0 saturated carbocycles. The number of nitrogens with one attached hydrogen (secondary N) is 1. The summed E-state index contributed by atoms with van der Waals surface area (Å²) in [6.45, 7) is 2.73. The fraction of sp³-hybridized carbons (Fsp3) is 0.185. The first kappa shape index (κ1) is 26.3. The van der Waals surface area contributed by atoms with E-state index in [0.717, 1.165) is 28.8 Å². The van der Waals surface area contributed by atoms with Gasteiger partial charge in [0.15, 0.2) is 0 Å². The van der Waals surface area contributed by atoms with Gasteiger partial charge in [0.1, 0.15) is 0 Å². The molecule has 11 heteroatoms. The van der Waals surface area contributed by atoms with E-state index in [0.29, 0.717) is 40.5 Å². The number of amides is 2. The summed E-state index contributed by atoms with van der Waals surface area (Å²) in [5, 5.41) is 11.9. The normalized spacial score (nSPS) is 13.4. The predicted molar refractivity (Wildman–Crippen MR) is 153 cm³/mol. The molecule has 0 unspecified atom stereocenters. The zero-order chi connectivity index (χ0) is 26.5. The third-order valence-corrected chi connectivity index (χ3v) is 7.54. The Kier molecular flexibility index (Phi) is 8.31. The van der Waals surface area contributed by atoms with Crippen LogP contribution in [0.5, 0.6) is 0 Å². The van der Waals surface area contributed by atoms with Crippen molar-refractivity contribution in [1.82, 2.24) is 15.1 Å². The van der Waals surface area contributed by atoms with Gasteiger partial charge in [-0.05, 0) is 66.7 Å². The Labute approximate surface area is 237 Å². The molecular formula is C27H23BrClN5O3S. The van der Waals surface area contributed by atoms with Gasteiger partial charge in [0, 0.05) is 58.2 Å². The van der Waals surface area contributed by atoms with Crippen LogP contribution in [0.2, 0.25) is 5.02 Å². The van der Waals surface area contributed by atoms with Crippen LogP contribution in [0.25, 0.3) is 11.5 Å². The van der Waals surface area contributed by atoms with E-state index in [9.17, 15) is 9.59 Å². The van der Waals surface area contributed by atoms with Crippen molar-refractivity contribution in [3.8, 4) is 11.5 Å². The highest BCUT2D eigenvalue weighted by Gasteiger charge is 2.22. The molecule has 1 saturated heterocycles. The zero-order valence-electron chi connectivity index (χ0n) is 20.1. The molecule has 0 atom stereocenters. The number of hydrogen-bond acceptors (Lipinski definition) is 7. The quantitative estimate of drug-likeness (QED) is 0.262. The molecule has 3 aromatic carbocycles. The molecule has 0 radical (unpaired) electrons. The van der Waals surface area contributed by atoms with Crippen molar-refractivity contribution in [2.45, 2.75) is 5.22 Å². The Morgan fingerprint density at radius 3 is 2.42 bits per heavy atom. The highest BCUT2D eigenvalue weighted by molar-refractivity contribution is 9.10. The van der Waals surface area contributed by atoms with Gasteiger partial charge in [0.2, 0.25) is 11.8 Å². The van der Waals surface area contributed by atoms with Gasteiger partial charge >= 0.3 is 0 Å². The largest absolute Gasteiger partial charge is 0.411 e. The van der Waals surface area contributed by atoms with Crippen molar-refractivity contribution >= 4 is 62.5 Å². The number of carbonyl (C=O) groups excluding carboxylic acids is 2. The minimum Gasteiger partial charge on any atom is -0.411 e. The molecule has 2 heterocycles. The summed E-state index contributed by atoms with van der Waals surface area (Å²) in [6, 6.07) is 22.2. The number of benzene rings is 3. The van der Waals surface area contributed by atoms with Gasteiger partial charge in [-0.25, -0.2) is 0 Å². The number of aromatic nitrogens is 2. The topological polar surface area (TPSA) is 91.6 Å². The summed E-state index contributed by atoms with van der Waals surface area (Å²) in [6.07, 6.45) is 0. The monoisotopic (exact) mass is 611 g/mol. The lowest BCUT2D eigenvalue weighted by molar-refractivity contribution is -0.113. The first-order valence-electron chi connectivity index (χ1n) is 11.9. The molecule has 1 aromatic heterocycles. The molecule has 1 aliphatic rings. The van der Waals surface area contributed by atoms with Crippen LogP contribution >= 0.6 is 39.3 Å². The van der Waals surface area contributed by atoms with Gasteiger partial charge < -0.3 is 19.5 Å². The van der Waals surface area contributed by atoms with Crippen LogP contribution in [0.15, 0.2) is 86.9 Å². The SMILES string of the molecule is O=C(CSc1nnc(-c2cccc(Br)c2)o1)Nc1ccc(N2CCN(C(=O)c3ccc(Cl)cc3)CC2)cc1. The summed E-state index contributed by atoms with van der Waals surface area (Å²) in [5.41, 5.74) is 3.20. The molecule has 0 spiro atoms. The van der Waals surface area contributed by atoms with Gasteiger partial charge in [-0.2, -0.15) is 0 Å². The lowest BCUT2D eigenvalue weighted by atomic mass is 10.1. The van der Waals surface area contributed by atoms with Crippen molar-refractivity contribution in [2.24, 2.45) is 0 Å². The fourth-order valence-corrected chi connectivity index (χ4v) is 5.12. The molecule has 194 valence electrons.